The molecule has 0 saturated carbocycles. The molecule has 0 radical (unpaired) electrons. The molecule has 0 bridgehead atoms. The van der Waals surface area contributed by atoms with Gasteiger partial charge in [0.15, 0.2) is 5.13 Å². The topological polar surface area (TPSA) is 92.1 Å². The molecular weight excluding hydrogens is 290 g/mol. The van der Waals surface area contributed by atoms with Crippen molar-refractivity contribution in [2.75, 3.05) is 17.2 Å². The van der Waals surface area contributed by atoms with E-state index in [9.17, 15) is 4.79 Å². The summed E-state index contributed by atoms with van der Waals surface area (Å²) in [6, 6.07) is 7.31. The number of nitrogens with zero attached hydrogens (tertiary/aromatic N) is 3. The normalized spacial score (nSPS) is 10.7. The lowest BCUT2D eigenvalue weighted by atomic mass is 10.3. The van der Waals surface area contributed by atoms with E-state index >= 15 is 0 Å². The van der Waals surface area contributed by atoms with Crippen LogP contribution in [0.2, 0.25) is 0 Å². The Kier molecular flexibility index (Phi) is 3.80. The summed E-state index contributed by atoms with van der Waals surface area (Å²) in [7, 11) is 0. The zero-order valence-corrected chi connectivity index (χ0v) is 11.8. The Morgan fingerprint density at radius 1 is 1.33 bits per heavy atom. The van der Waals surface area contributed by atoms with Gasteiger partial charge in [0.1, 0.15) is 0 Å². The molecule has 0 atom stereocenters. The summed E-state index contributed by atoms with van der Waals surface area (Å²) in [4.78, 5) is 16.2. The molecule has 0 saturated heterocycles. The maximum absolute atomic E-state index is 11.9. The summed E-state index contributed by atoms with van der Waals surface area (Å²) in [6.07, 6.45) is 3.17. The number of amides is 2. The third-order valence-electron chi connectivity index (χ3n) is 2.73. The first-order chi connectivity index (χ1) is 10.2. The third kappa shape index (κ3) is 3.18. The summed E-state index contributed by atoms with van der Waals surface area (Å²) in [5.74, 6) is 0. The highest BCUT2D eigenvalue weighted by Crippen LogP contribution is 2.25. The summed E-state index contributed by atoms with van der Waals surface area (Å²) in [6.45, 7) is 0.389. The summed E-state index contributed by atoms with van der Waals surface area (Å²) in [5.41, 5.74) is 1.41. The maximum atomic E-state index is 11.9. The number of fused-ring (bicyclic) bond motifs is 1. The Morgan fingerprint density at radius 3 is 3.00 bits per heavy atom. The molecule has 0 unspecified atom stereocenters. The molecule has 0 aliphatic rings. The van der Waals surface area contributed by atoms with Gasteiger partial charge in [-0.15, -0.1) is 0 Å². The van der Waals surface area contributed by atoms with E-state index in [0.29, 0.717) is 17.4 Å². The van der Waals surface area contributed by atoms with Crippen molar-refractivity contribution < 1.29 is 9.90 Å². The lowest BCUT2D eigenvalue weighted by Gasteiger charge is -2.01. The van der Waals surface area contributed by atoms with Crippen molar-refractivity contribution in [3.05, 3.63) is 36.7 Å². The van der Waals surface area contributed by atoms with E-state index in [1.165, 1.54) is 17.5 Å². The van der Waals surface area contributed by atoms with Crippen LogP contribution < -0.4 is 10.6 Å². The van der Waals surface area contributed by atoms with Crippen molar-refractivity contribution in [1.29, 1.82) is 0 Å². The van der Waals surface area contributed by atoms with Crippen molar-refractivity contribution in [2.24, 2.45) is 0 Å². The minimum Gasteiger partial charge on any atom is -0.394 e. The zero-order chi connectivity index (χ0) is 14.7. The van der Waals surface area contributed by atoms with Gasteiger partial charge in [0.25, 0.3) is 0 Å². The van der Waals surface area contributed by atoms with E-state index in [-0.39, 0.29) is 12.6 Å². The number of hydrogen-bond acceptors (Lipinski definition) is 5. The number of aromatic nitrogens is 3. The molecule has 8 heteroatoms. The highest BCUT2D eigenvalue weighted by Gasteiger charge is 2.08. The number of anilines is 2. The Balaban J connectivity index is 1.65. The van der Waals surface area contributed by atoms with E-state index in [0.717, 1.165) is 10.2 Å². The molecule has 21 heavy (non-hydrogen) atoms. The van der Waals surface area contributed by atoms with E-state index in [1.807, 2.05) is 24.3 Å². The first kappa shape index (κ1) is 13.5. The molecule has 0 aliphatic heterocycles. The highest BCUT2D eigenvalue weighted by atomic mass is 32.1. The largest absolute Gasteiger partial charge is 0.394 e. The van der Waals surface area contributed by atoms with E-state index < -0.39 is 0 Å². The van der Waals surface area contributed by atoms with Crippen LogP contribution in [0.4, 0.5) is 15.6 Å². The summed E-state index contributed by atoms with van der Waals surface area (Å²) < 4.78 is 2.57. The predicted octanol–water partition coefficient (Wildman–Crippen LogP) is 2.13. The number of rotatable bonds is 4. The molecule has 0 fully saturated rings. The van der Waals surface area contributed by atoms with Crippen LogP contribution in [0.25, 0.3) is 10.2 Å². The Bertz CT molecular complexity index is 734. The van der Waals surface area contributed by atoms with Crippen molar-refractivity contribution in [3.63, 3.8) is 0 Å². The van der Waals surface area contributed by atoms with E-state index in [2.05, 4.69) is 20.7 Å². The molecule has 2 aromatic heterocycles. The Labute approximate surface area is 124 Å². The summed E-state index contributed by atoms with van der Waals surface area (Å²) >= 11 is 1.41. The molecule has 108 valence electrons. The molecule has 3 rings (SSSR count). The number of hydrogen-bond donors (Lipinski definition) is 3. The lowest BCUT2D eigenvalue weighted by molar-refractivity contribution is 0.262. The van der Waals surface area contributed by atoms with Crippen LogP contribution in [0.15, 0.2) is 36.7 Å². The first-order valence-corrected chi connectivity index (χ1v) is 7.13. The van der Waals surface area contributed by atoms with Gasteiger partial charge < -0.3 is 10.4 Å². The van der Waals surface area contributed by atoms with Crippen LogP contribution in [0.5, 0.6) is 0 Å². The summed E-state index contributed by atoms with van der Waals surface area (Å²) in [5, 5.41) is 18.7. The SMILES string of the molecule is O=C(Nc1cnn(CCO)c1)Nc1nc2ccccc2s1. The van der Waals surface area contributed by atoms with Crippen LogP contribution in [0, 0.1) is 0 Å². The van der Waals surface area contributed by atoms with Gasteiger partial charge in [0.05, 0.1) is 35.3 Å². The highest BCUT2D eigenvalue weighted by molar-refractivity contribution is 7.22. The minimum absolute atomic E-state index is 0.000971. The fraction of sp³-hybridized carbons (Fsp3) is 0.154. The second-order valence-electron chi connectivity index (χ2n) is 4.28. The van der Waals surface area contributed by atoms with Crippen molar-refractivity contribution in [2.45, 2.75) is 6.54 Å². The molecule has 2 amide bonds. The third-order valence-corrected chi connectivity index (χ3v) is 3.69. The molecular formula is C13H13N5O2S. The minimum atomic E-state index is -0.377. The number of thiazole rings is 1. The van der Waals surface area contributed by atoms with Gasteiger partial charge in [0, 0.05) is 6.20 Å². The smallest absolute Gasteiger partial charge is 0.325 e. The molecule has 2 heterocycles. The number of benzene rings is 1. The molecule has 3 N–H and O–H groups in total. The van der Waals surface area contributed by atoms with Crippen LogP contribution >= 0.6 is 11.3 Å². The van der Waals surface area contributed by atoms with Crippen molar-refractivity contribution in [1.82, 2.24) is 14.8 Å². The van der Waals surface area contributed by atoms with Crippen LogP contribution in [-0.4, -0.2) is 32.5 Å². The van der Waals surface area contributed by atoms with Gasteiger partial charge >= 0.3 is 6.03 Å². The average Bonchev–Trinajstić information content (AvgIpc) is 3.05. The fourth-order valence-electron chi connectivity index (χ4n) is 1.84. The first-order valence-electron chi connectivity index (χ1n) is 6.31. The number of carbonyl (C=O) groups excluding carboxylic acids is 1. The fourth-order valence-corrected chi connectivity index (χ4v) is 2.70. The number of carbonyl (C=O) groups is 1. The number of nitrogens with one attached hydrogen (secondary N) is 2. The average molecular weight is 303 g/mol. The van der Waals surface area contributed by atoms with Gasteiger partial charge in [0.2, 0.25) is 0 Å². The van der Waals surface area contributed by atoms with Crippen molar-refractivity contribution in [3.8, 4) is 0 Å². The monoisotopic (exact) mass is 303 g/mol. The predicted molar refractivity (Wildman–Crippen MR) is 81.6 cm³/mol. The standard InChI is InChI=1S/C13H13N5O2S/c19-6-5-18-8-9(7-14-18)15-12(20)17-13-16-10-3-1-2-4-11(10)21-13/h1-4,7-8,19H,5-6H2,(H2,15,16,17,20). The van der Waals surface area contributed by atoms with Gasteiger partial charge in [-0.2, -0.15) is 5.10 Å². The van der Waals surface area contributed by atoms with Crippen LogP contribution in [0.3, 0.4) is 0 Å². The van der Waals surface area contributed by atoms with Crippen LogP contribution in [0.1, 0.15) is 0 Å². The van der Waals surface area contributed by atoms with E-state index in [1.54, 1.807) is 10.9 Å². The Morgan fingerprint density at radius 2 is 2.19 bits per heavy atom. The van der Waals surface area contributed by atoms with Crippen molar-refractivity contribution >= 4 is 38.4 Å². The molecule has 7 nitrogen and oxygen atoms in total. The van der Waals surface area contributed by atoms with Gasteiger partial charge in [-0.05, 0) is 12.1 Å². The number of para-hydroxylation sites is 1. The second kappa shape index (κ2) is 5.90. The van der Waals surface area contributed by atoms with Crippen LogP contribution in [-0.2, 0) is 6.54 Å². The molecule has 1 aromatic carbocycles. The van der Waals surface area contributed by atoms with E-state index in [4.69, 9.17) is 5.11 Å². The quantitative estimate of drug-likeness (QED) is 0.688. The lowest BCUT2D eigenvalue weighted by Crippen LogP contribution is -2.18. The number of aliphatic hydroxyl groups is 1. The number of aliphatic hydroxyl groups excluding tert-OH is 1. The van der Waals surface area contributed by atoms with Gasteiger partial charge in [-0.3, -0.25) is 10.00 Å². The van der Waals surface area contributed by atoms with Gasteiger partial charge in [-0.25, -0.2) is 9.78 Å². The zero-order valence-electron chi connectivity index (χ0n) is 11.0. The molecule has 0 aliphatic carbocycles. The second-order valence-corrected chi connectivity index (χ2v) is 5.31. The number of urea groups is 1. The van der Waals surface area contributed by atoms with Gasteiger partial charge in [-0.1, -0.05) is 23.5 Å². The Hall–Kier alpha value is -2.45. The molecule has 3 aromatic rings. The maximum Gasteiger partial charge on any atom is 0.325 e. The molecule has 0 spiro atoms.